The number of rotatable bonds is 7. The van der Waals surface area contributed by atoms with Crippen molar-refractivity contribution in [3.05, 3.63) is 62.6 Å². The van der Waals surface area contributed by atoms with Gasteiger partial charge in [0.05, 0.1) is 27.8 Å². The summed E-state index contributed by atoms with van der Waals surface area (Å²) in [5.74, 6) is -0.510. The van der Waals surface area contributed by atoms with Crippen LogP contribution in [-0.2, 0) is 4.79 Å². The predicted octanol–water partition coefficient (Wildman–Crippen LogP) is 5.06. The summed E-state index contributed by atoms with van der Waals surface area (Å²) in [5, 5.41) is 30.7. The highest BCUT2D eigenvalue weighted by Gasteiger charge is 2.51. The van der Waals surface area contributed by atoms with Crippen LogP contribution in [0, 0.1) is 16.0 Å². The number of hydrazine groups is 1. The van der Waals surface area contributed by atoms with Gasteiger partial charge in [0.25, 0.3) is 5.69 Å². The lowest BCUT2D eigenvalue weighted by molar-refractivity contribution is -0.385. The minimum atomic E-state index is -1.05. The van der Waals surface area contributed by atoms with Crippen molar-refractivity contribution in [3.8, 4) is 0 Å². The second-order valence-corrected chi connectivity index (χ2v) is 11.6. The number of para-hydroxylation sites is 1. The first-order valence-corrected chi connectivity index (χ1v) is 12.9. The Morgan fingerprint density at radius 3 is 2.47 bits per heavy atom. The Morgan fingerprint density at radius 1 is 1.24 bits per heavy atom. The summed E-state index contributed by atoms with van der Waals surface area (Å²) in [6.45, 7) is 8.30. The molecule has 1 aliphatic carbocycles. The smallest absolute Gasteiger partial charge is 0.334 e. The van der Waals surface area contributed by atoms with Gasteiger partial charge >= 0.3 is 5.97 Å². The third-order valence-corrected chi connectivity index (χ3v) is 8.37. The molecule has 8 nitrogen and oxygen atoms in total. The molecule has 0 aromatic heterocycles. The SMILES string of the molecule is CC1=C(C(=O)O)C(c2ccccc2[N+](=O)[O-])C2=C(N1)N(C)N(C(C)SC(C)C)C2C1CCCC1. The molecule has 1 saturated carbocycles. The molecule has 2 aliphatic heterocycles. The number of thioether (sulfide) groups is 1. The molecule has 0 bridgehead atoms. The molecule has 2 heterocycles. The third kappa shape index (κ3) is 4.20. The number of nitro groups is 1. The molecule has 9 heteroatoms. The van der Waals surface area contributed by atoms with Gasteiger partial charge in [0.2, 0.25) is 0 Å². The van der Waals surface area contributed by atoms with E-state index in [1.54, 1.807) is 25.1 Å². The van der Waals surface area contributed by atoms with Crippen LogP contribution < -0.4 is 5.32 Å². The van der Waals surface area contributed by atoms with E-state index < -0.39 is 16.8 Å². The molecule has 3 unspecified atom stereocenters. The molecule has 1 aromatic carbocycles. The fraction of sp³-hybridized carbons (Fsp3) is 0.560. The van der Waals surface area contributed by atoms with E-state index in [0.29, 0.717) is 22.4 Å². The number of dihydropyridines is 1. The number of aliphatic carboxylic acids is 1. The van der Waals surface area contributed by atoms with Crippen LogP contribution in [0.15, 0.2) is 46.9 Å². The average molecular weight is 487 g/mol. The Hall–Kier alpha value is -2.52. The summed E-state index contributed by atoms with van der Waals surface area (Å²) in [6, 6.07) is 6.57. The van der Waals surface area contributed by atoms with E-state index in [4.69, 9.17) is 0 Å². The van der Waals surface area contributed by atoms with Gasteiger partial charge in [-0.3, -0.25) is 15.1 Å². The first kappa shape index (κ1) is 24.6. The van der Waals surface area contributed by atoms with Gasteiger partial charge in [0.15, 0.2) is 0 Å². The van der Waals surface area contributed by atoms with E-state index in [1.807, 2.05) is 18.8 Å². The van der Waals surface area contributed by atoms with Crippen molar-refractivity contribution in [1.29, 1.82) is 0 Å². The van der Waals surface area contributed by atoms with E-state index in [1.165, 1.54) is 6.07 Å². The van der Waals surface area contributed by atoms with E-state index in [9.17, 15) is 20.0 Å². The largest absolute Gasteiger partial charge is 0.478 e. The number of hydrogen-bond donors (Lipinski definition) is 2. The topological polar surface area (TPSA) is 98.9 Å². The summed E-state index contributed by atoms with van der Waals surface area (Å²) >= 11 is 1.87. The van der Waals surface area contributed by atoms with Gasteiger partial charge in [-0.1, -0.05) is 44.9 Å². The molecule has 3 aliphatic rings. The minimum Gasteiger partial charge on any atom is -0.478 e. The van der Waals surface area contributed by atoms with Crippen LogP contribution in [0.2, 0.25) is 0 Å². The molecule has 0 radical (unpaired) electrons. The number of nitrogens with zero attached hydrogens (tertiary/aromatic N) is 3. The number of carboxylic acids is 1. The summed E-state index contributed by atoms with van der Waals surface area (Å²) < 4.78 is 0. The number of nitrogens with one attached hydrogen (secondary N) is 1. The molecule has 0 saturated heterocycles. The van der Waals surface area contributed by atoms with Gasteiger partial charge in [0.1, 0.15) is 5.82 Å². The second kappa shape index (κ2) is 9.62. The summed E-state index contributed by atoms with van der Waals surface area (Å²) in [4.78, 5) is 24.2. The number of benzene rings is 1. The lowest BCUT2D eigenvalue weighted by atomic mass is 9.75. The van der Waals surface area contributed by atoms with Crippen LogP contribution in [0.4, 0.5) is 5.69 Å². The maximum atomic E-state index is 12.6. The highest BCUT2D eigenvalue weighted by Crippen LogP contribution is 2.52. The minimum absolute atomic E-state index is 0.0245. The molecule has 184 valence electrons. The maximum absolute atomic E-state index is 12.6. The molecular formula is C25H34N4O4S. The van der Waals surface area contributed by atoms with E-state index >= 15 is 0 Å². The number of allylic oxidation sites excluding steroid dienone is 1. The highest BCUT2D eigenvalue weighted by atomic mass is 32.2. The predicted molar refractivity (Wildman–Crippen MR) is 134 cm³/mol. The first-order valence-electron chi connectivity index (χ1n) is 12.0. The Balaban J connectivity index is 1.93. The van der Waals surface area contributed by atoms with Crippen molar-refractivity contribution in [2.75, 3.05) is 7.05 Å². The quantitative estimate of drug-likeness (QED) is 0.408. The Kier molecular flexibility index (Phi) is 6.96. The van der Waals surface area contributed by atoms with Crippen molar-refractivity contribution >= 4 is 23.4 Å². The molecule has 34 heavy (non-hydrogen) atoms. The molecule has 2 N–H and O–H groups in total. The molecule has 1 aromatic rings. The number of carbonyl (C=O) groups is 1. The van der Waals surface area contributed by atoms with Gasteiger partial charge < -0.3 is 10.4 Å². The van der Waals surface area contributed by atoms with Gasteiger partial charge in [-0.25, -0.2) is 4.79 Å². The van der Waals surface area contributed by atoms with Crippen LogP contribution in [0.3, 0.4) is 0 Å². The van der Waals surface area contributed by atoms with Gasteiger partial charge in [0, 0.05) is 35.2 Å². The summed E-state index contributed by atoms with van der Waals surface area (Å²) in [6.07, 6.45) is 4.44. The van der Waals surface area contributed by atoms with E-state index in [-0.39, 0.29) is 22.7 Å². The standard InChI is InChI=1S/C25H34N4O4S/c1-14(2)34-16(4)28-23(17-10-6-7-11-17)22-21(18-12-8-9-13-19(18)29(32)33)20(25(30)31)15(3)26-24(22)27(28)5/h8-9,12-14,16-17,21,23,26H,6-7,10-11H2,1-5H3,(H,30,31). The zero-order chi connectivity index (χ0) is 24.7. The fourth-order valence-electron chi connectivity index (χ4n) is 6.02. The maximum Gasteiger partial charge on any atom is 0.334 e. The number of nitro benzene ring substituents is 1. The average Bonchev–Trinajstić information content (AvgIpc) is 3.38. The van der Waals surface area contributed by atoms with Crippen molar-refractivity contribution in [3.63, 3.8) is 0 Å². The molecule has 0 spiro atoms. The lowest BCUT2D eigenvalue weighted by Crippen LogP contribution is -2.49. The van der Waals surface area contributed by atoms with Crippen molar-refractivity contribution in [2.24, 2.45) is 5.92 Å². The van der Waals surface area contributed by atoms with Crippen LogP contribution >= 0.6 is 11.8 Å². The van der Waals surface area contributed by atoms with Gasteiger partial charge in [-0.2, -0.15) is 5.01 Å². The van der Waals surface area contributed by atoms with Crippen LogP contribution in [0.5, 0.6) is 0 Å². The van der Waals surface area contributed by atoms with Crippen molar-refractivity contribution < 1.29 is 14.8 Å². The fourth-order valence-corrected chi connectivity index (χ4v) is 7.21. The highest BCUT2D eigenvalue weighted by molar-refractivity contribution is 8.00. The van der Waals surface area contributed by atoms with Crippen molar-refractivity contribution in [1.82, 2.24) is 15.3 Å². The zero-order valence-electron chi connectivity index (χ0n) is 20.4. The van der Waals surface area contributed by atoms with Crippen molar-refractivity contribution in [2.45, 2.75) is 76.0 Å². The molecule has 3 atom stereocenters. The Morgan fingerprint density at radius 2 is 1.88 bits per heavy atom. The summed E-state index contributed by atoms with van der Waals surface area (Å²) in [7, 11) is 2.02. The number of hydrogen-bond acceptors (Lipinski definition) is 7. The Bertz CT molecular complexity index is 1050. The third-order valence-electron chi connectivity index (χ3n) is 7.22. The van der Waals surface area contributed by atoms with Crippen LogP contribution in [-0.4, -0.2) is 49.7 Å². The van der Waals surface area contributed by atoms with Gasteiger partial charge in [-0.15, -0.1) is 11.8 Å². The lowest BCUT2D eigenvalue weighted by Gasteiger charge is -2.40. The van der Waals surface area contributed by atoms with E-state index in [0.717, 1.165) is 37.1 Å². The van der Waals surface area contributed by atoms with Gasteiger partial charge in [-0.05, 0) is 32.6 Å². The summed E-state index contributed by atoms with van der Waals surface area (Å²) in [5.41, 5.74) is 2.07. The second-order valence-electron chi connectivity index (χ2n) is 9.70. The number of carboxylic acid groups (broad SMARTS) is 1. The molecule has 4 rings (SSSR count). The molecular weight excluding hydrogens is 452 g/mol. The first-order chi connectivity index (χ1) is 16.1. The monoisotopic (exact) mass is 486 g/mol. The zero-order valence-corrected chi connectivity index (χ0v) is 21.3. The Labute approximate surface area is 205 Å². The molecule has 1 fully saturated rings. The van der Waals surface area contributed by atoms with E-state index in [2.05, 4.69) is 36.1 Å². The van der Waals surface area contributed by atoms with Crippen LogP contribution in [0.1, 0.15) is 64.9 Å². The van der Waals surface area contributed by atoms with Crippen LogP contribution in [0.25, 0.3) is 0 Å². The normalized spacial score (nSPS) is 24.6. The molecule has 0 amide bonds.